The average Bonchev–Trinajstić information content (AvgIpc) is 2.79. The molecule has 0 fully saturated rings. The van der Waals surface area contributed by atoms with Gasteiger partial charge >= 0.3 is 12.4 Å². The molecule has 0 aromatic heterocycles. The highest BCUT2D eigenvalue weighted by atomic mass is 35.5. The van der Waals surface area contributed by atoms with Gasteiger partial charge in [0.2, 0.25) is 5.91 Å². The van der Waals surface area contributed by atoms with Crippen LogP contribution in [0.25, 0.3) is 0 Å². The molecule has 0 spiro atoms. The second kappa shape index (κ2) is 10.9. The standard InChI is InChI=1S/C24H14ClF9N2O2/c25-17-5-4-14(10-15(17)21(37)36-20-18(27)8-13(26)9-19(20)28)35-22(38)16(24(32,33)34)7-11-2-1-3-12(6-11)23(29,30)31/h1-6,8-10,16H,7H2,(H,35,38)(H,36,37). The number of benzene rings is 3. The molecule has 2 N–H and O–H groups in total. The van der Waals surface area contributed by atoms with Gasteiger partial charge in [-0.05, 0) is 36.2 Å². The minimum atomic E-state index is -5.16. The molecule has 3 aromatic carbocycles. The number of hydrogen-bond donors (Lipinski definition) is 2. The largest absolute Gasteiger partial charge is 0.416 e. The summed E-state index contributed by atoms with van der Waals surface area (Å²) in [6.45, 7) is 0. The molecule has 1 atom stereocenters. The first kappa shape index (κ1) is 28.8. The minimum Gasteiger partial charge on any atom is -0.326 e. The van der Waals surface area contributed by atoms with Crippen molar-refractivity contribution in [1.29, 1.82) is 0 Å². The topological polar surface area (TPSA) is 58.2 Å². The first-order valence-corrected chi connectivity index (χ1v) is 10.7. The number of rotatable bonds is 6. The molecule has 4 nitrogen and oxygen atoms in total. The van der Waals surface area contributed by atoms with Crippen LogP contribution in [0.15, 0.2) is 54.6 Å². The quantitative estimate of drug-likeness (QED) is 0.305. The fraction of sp³-hybridized carbons (Fsp3) is 0.167. The second-order valence-corrected chi connectivity index (χ2v) is 8.29. The van der Waals surface area contributed by atoms with Gasteiger partial charge in [-0.15, -0.1) is 0 Å². The smallest absolute Gasteiger partial charge is 0.326 e. The number of halogens is 10. The normalized spacial score (nSPS) is 12.7. The van der Waals surface area contributed by atoms with Crippen LogP contribution >= 0.6 is 11.6 Å². The van der Waals surface area contributed by atoms with Crippen LogP contribution < -0.4 is 10.6 Å². The summed E-state index contributed by atoms with van der Waals surface area (Å²) < 4.78 is 120. The molecule has 2 amide bonds. The van der Waals surface area contributed by atoms with E-state index >= 15 is 0 Å². The lowest BCUT2D eigenvalue weighted by atomic mass is 9.96. The Kier molecular flexibility index (Phi) is 8.30. The summed E-state index contributed by atoms with van der Waals surface area (Å²) in [5.41, 5.74) is -3.53. The molecular formula is C24H14ClF9N2O2. The van der Waals surface area contributed by atoms with Crippen LogP contribution in [-0.2, 0) is 17.4 Å². The fourth-order valence-electron chi connectivity index (χ4n) is 3.32. The van der Waals surface area contributed by atoms with Crippen LogP contribution in [0.2, 0.25) is 5.02 Å². The van der Waals surface area contributed by atoms with Crippen molar-refractivity contribution in [2.45, 2.75) is 18.8 Å². The lowest BCUT2D eigenvalue weighted by molar-refractivity contribution is -0.179. The van der Waals surface area contributed by atoms with E-state index in [1.165, 1.54) is 0 Å². The molecule has 1 unspecified atom stereocenters. The number of anilines is 2. The van der Waals surface area contributed by atoms with Crippen molar-refractivity contribution in [3.8, 4) is 0 Å². The Labute approximate surface area is 213 Å². The van der Waals surface area contributed by atoms with E-state index in [0.29, 0.717) is 24.3 Å². The summed E-state index contributed by atoms with van der Waals surface area (Å²) in [5.74, 6) is -9.85. The van der Waals surface area contributed by atoms with Crippen molar-refractivity contribution in [1.82, 2.24) is 0 Å². The average molecular weight is 569 g/mol. The number of carbonyl (C=O) groups excluding carboxylic acids is 2. The summed E-state index contributed by atoms with van der Waals surface area (Å²) in [5, 5.41) is 3.41. The SMILES string of the molecule is O=C(Nc1c(F)cc(F)cc1F)c1cc(NC(=O)C(Cc2cccc(C(F)(F)F)c2)C(F)(F)F)ccc1Cl. The van der Waals surface area contributed by atoms with E-state index in [-0.39, 0.29) is 10.7 Å². The van der Waals surface area contributed by atoms with Gasteiger partial charge in [0.25, 0.3) is 5.91 Å². The third-order valence-corrected chi connectivity index (χ3v) is 5.46. The molecule has 0 saturated carbocycles. The van der Waals surface area contributed by atoms with Crippen molar-refractivity contribution in [2.24, 2.45) is 5.92 Å². The zero-order valence-corrected chi connectivity index (χ0v) is 19.3. The summed E-state index contributed by atoms with van der Waals surface area (Å²) in [6.07, 6.45) is -11.1. The zero-order valence-electron chi connectivity index (χ0n) is 18.6. The Balaban J connectivity index is 1.84. The first-order chi connectivity index (χ1) is 17.6. The van der Waals surface area contributed by atoms with Gasteiger partial charge in [-0.3, -0.25) is 9.59 Å². The summed E-state index contributed by atoms with van der Waals surface area (Å²) in [4.78, 5) is 25.0. The van der Waals surface area contributed by atoms with Crippen LogP contribution in [0, 0.1) is 23.4 Å². The van der Waals surface area contributed by atoms with E-state index < -0.39 is 76.3 Å². The van der Waals surface area contributed by atoms with E-state index in [1.54, 1.807) is 0 Å². The summed E-state index contributed by atoms with van der Waals surface area (Å²) in [7, 11) is 0. The van der Waals surface area contributed by atoms with Crippen molar-refractivity contribution in [3.05, 3.63) is 93.8 Å². The lowest BCUT2D eigenvalue weighted by Crippen LogP contribution is -2.36. The summed E-state index contributed by atoms with van der Waals surface area (Å²) >= 11 is 5.90. The molecule has 0 bridgehead atoms. The van der Waals surface area contributed by atoms with Crippen molar-refractivity contribution < 1.29 is 49.1 Å². The molecule has 14 heteroatoms. The maximum atomic E-state index is 13.9. The molecule has 0 aliphatic carbocycles. The number of amides is 2. The van der Waals surface area contributed by atoms with Gasteiger partial charge in [-0.1, -0.05) is 29.8 Å². The summed E-state index contributed by atoms with van der Waals surface area (Å²) in [6, 6.07) is 6.47. The predicted molar refractivity (Wildman–Crippen MR) is 119 cm³/mol. The highest BCUT2D eigenvalue weighted by Crippen LogP contribution is 2.34. The molecular weight excluding hydrogens is 555 g/mol. The lowest BCUT2D eigenvalue weighted by Gasteiger charge is -2.20. The van der Waals surface area contributed by atoms with Gasteiger partial charge in [0.1, 0.15) is 17.4 Å². The molecule has 0 aliphatic heterocycles. The Morgan fingerprint density at radius 1 is 0.842 bits per heavy atom. The first-order valence-electron chi connectivity index (χ1n) is 10.4. The Bertz CT molecular complexity index is 1350. The van der Waals surface area contributed by atoms with E-state index in [9.17, 15) is 49.1 Å². The van der Waals surface area contributed by atoms with Gasteiger partial charge < -0.3 is 10.6 Å². The van der Waals surface area contributed by atoms with E-state index in [2.05, 4.69) is 0 Å². The second-order valence-electron chi connectivity index (χ2n) is 7.88. The van der Waals surface area contributed by atoms with Crippen LogP contribution in [0.1, 0.15) is 21.5 Å². The Hall–Kier alpha value is -3.74. The number of alkyl halides is 6. The fourth-order valence-corrected chi connectivity index (χ4v) is 3.52. The Morgan fingerprint density at radius 3 is 2.05 bits per heavy atom. The maximum absolute atomic E-state index is 13.9. The highest BCUT2D eigenvalue weighted by molar-refractivity contribution is 6.34. The third kappa shape index (κ3) is 6.97. The van der Waals surface area contributed by atoms with Crippen LogP contribution in [-0.4, -0.2) is 18.0 Å². The Morgan fingerprint density at radius 2 is 1.47 bits per heavy atom. The van der Waals surface area contributed by atoms with E-state index in [1.807, 2.05) is 10.6 Å². The molecule has 3 rings (SSSR count). The van der Waals surface area contributed by atoms with Crippen LogP contribution in [0.4, 0.5) is 50.9 Å². The number of nitrogens with one attached hydrogen (secondary N) is 2. The highest BCUT2D eigenvalue weighted by Gasteiger charge is 2.45. The molecule has 0 saturated heterocycles. The molecule has 202 valence electrons. The number of carbonyl (C=O) groups is 2. The monoisotopic (exact) mass is 568 g/mol. The molecule has 3 aromatic rings. The van der Waals surface area contributed by atoms with Gasteiger partial charge in [0.15, 0.2) is 11.6 Å². The van der Waals surface area contributed by atoms with Gasteiger partial charge in [-0.25, -0.2) is 13.2 Å². The van der Waals surface area contributed by atoms with Gasteiger partial charge in [0.05, 0.1) is 16.1 Å². The van der Waals surface area contributed by atoms with Crippen LogP contribution in [0.3, 0.4) is 0 Å². The molecule has 38 heavy (non-hydrogen) atoms. The molecule has 0 radical (unpaired) electrons. The van der Waals surface area contributed by atoms with Crippen molar-refractivity contribution in [3.63, 3.8) is 0 Å². The zero-order chi connectivity index (χ0) is 28.4. The van der Waals surface area contributed by atoms with Crippen molar-refractivity contribution in [2.75, 3.05) is 10.6 Å². The van der Waals surface area contributed by atoms with E-state index in [0.717, 1.165) is 30.3 Å². The van der Waals surface area contributed by atoms with Crippen LogP contribution in [0.5, 0.6) is 0 Å². The van der Waals surface area contributed by atoms with Crippen molar-refractivity contribution >= 4 is 34.8 Å². The predicted octanol–water partition coefficient (Wildman–Crippen LogP) is 7.39. The third-order valence-electron chi connectivity index (χ3n) is 5.13. The maximum Gasteiger partial charge on any atom is 0.416 e. The molecule has 0 heterocycles. The van der Waals surface area contributed by atoms with Gasteiger partial charge in [-0.2, -0.15) is 26.3 Å². The number of hydrogen-bond acceptors (Lipinski definition) is 2. The minimum absolute atomic E-state index is 0.290. The van der Waals surface area contributed by atoms with Gasteiger partial charge in [0, 0.05) is 17.8 Å². The molecule has 0 aliphatic rings. The van der Waals surface area contributed by atoms with E-state index in [4.69, 9.17) is 11.6 Å².